The summed E-state index contributed by atoms with van der Waals surface area (Å²) < 4.78 is 13.4. The van der Waals surface area contributed by atoms with Crippen LogP contribution in [-0.2, 0) is 0 Å². The van der Waals surface area contributed by atoms with Crippen LogP contribution < -0.4 is 5.73 Å². The van der Waals surface area contributed by atoms with Crippen LogP contribution >= 0.6 is 0 Å². The fourth-order valence-corrected chi connectivity index (χ4v) is 2.77. The van der Waals surface area contributed by atoms with Gasteiger partial charge < -0.3 is 10.6 Å². The molecule has 0 radical (unpaired) electrons. The van der Waals surface area contributed by atoms with Crippen LogP contribution in [-0.4, -0.2) is 24.4 Å². The molecule has 2 N–H and O–H groups in total. The van der Waals surface area contributed by atoms with Crippen LogP contribution in [0.1, 0.15) is 42.5 Å². The van der Waals surface area contributed by atoms with Gasteiger partial charge in [-0.15, -0.1) is 0 Å². The minimum absolute atomic E-state index is 0.0528. The summed E-state index contributed by atoms with van der Waals surface area (Å²) >= 11 is 0. The normalized spacial score (nSPS) is 16.3. The van der Waals surface area contributed by atoms with E-state index in [4.69, 9.17) is 5.73 Å². The summed E-state index contributed by atoms with van der Waals surface area (Å²) in [7, 11) is 1.77. The minimum atomic E-state index is -0.531. The quantitative estimate of drug-likeness (QED) is 0.853. The second-order valence-electron chi connectivity index (χ2n) is 5.39. The van der Waals surface area contributed by atoms with Crippen molar-refractivity contribution in [2.75, 3.05) is 19.3 Å². The first-order valence-corrected chi connectivity index (χ1v) is 6.89. The van der Waals surface area contributed by atoms with Crippen molar-refractivity contribution in [2.24, 2.45) is 5.92 Å². The first-order chi connectivity index (χ1) is 9.09. The van der Waals surface area contributed by atoms with Gasteiger partial charge in [-0.05, 0) is 30.9 Å². The van der Waals surface area contributed by atoms with Gasteiger partial charge in [0.15, 0.2) is 0 Å². The molecule has 0 atom stereocenters. The Bertz CT molecular complexity index is 455. The summed E-state index contributed by atoms with van der Waals surface area (Å²) in [6, 6.07) is 4.37. The summed E-state index contributed by atoms with van der Waals surface area (Å²) in [6.45, 7) is 0.731. The zero-order chi connectivity index (χ0) is 13.8. The fourth-order valence-electron chi connectivity index (χ4n) is 2.77. The molecule has 0 unspecified atom stereocenters. The number of anilines is 1. The molecule has 1 saturated carbocycles. The SMILES string of the molecule is CN(CC1CCCCC1)C(=O)c1cccc(F)c1N. The number of nitrogens with two attached hydrogens (primary N) is 1. The van der Waals surface area contributed by atoms with Crippen LogP contribution in [0.15, 0.2) is 18.2 Å². The van der Waals surface area contributed by atoms with Gasteiger partial charge in [-0.2, -0.15) is 0 Å². The number of benzene rings is 1. The van der Waals surface area contributed by atoms with Crippen molar-refractivity contribution in [3.05, 3.63) is 29.6 Å². The highest BCUT2D eigenvalue weighted by molar-refractivity contribution is 5.99. The zero-order valence-corrected chi connectivity index (χ0v) is 11.4. The van der Waals surface area contributed by atoms with E-state index in [0.717, 1.165) is 6.54 Å². The third-order valence-corrected chi connectivity index (χ3v) is 3.89. The third-order valence-electron chi connectivity index (χ3n) is 3.89. The summed E-state index contributed by atoms with van der Waals surface area (Å²) in [5.74, 6) is -0.156. The van der Waals surface area contributed by atoms with E-state index in [1.54, 1.807) is 18.0 Å². The van der Waals surface area contributed by atoms with Crippen LogP contribution in [0.3, 0.4) is 0 Å². The lowest BCUT2D eigenvalue weighted by Gasteiger charge is -2.27. The lowest BCUT2D eigenvalue weighted by molar-refractivity contribution is 0.0761. The minimum Gasteiger partial charge on any atom is -0.396 e. The zero-order valence-electron chi connectivity index (χ0n) is 11.4. The molecule has 0 spiro atoms. The smallest absolute Gasteiger partial charge is 0.255 e. The highest BCUT2D eigenvalue weighted by Crippen LogP contribution is 2.25. The van der Waals surface area contributed by atoms with Gasteiger partial charge in [-0.1, -0.05) is 25.3 Å². The number of nitrogens with zero attached hydrogens (tertiary/aromatic N) is 1. The Morgan fingerprint density at radius 2 is 2.05 bits per heavy atom. The molecule has 1 aromatic carbocycles. The number of carbonyl (C=O) groups is 1. The first kappa shape index (κ1) is 13.8. The monoisotopic (exact) mass is 264 g/mol. The molecule has 1 aliphatic carbocycles. The van der Waals surface area contributed by atoms with Gasteiger partial charge in [0.05, 0.1) is 11.3 Å². The van der Waals surface area contributed by atoms with Crippen molar-refractivity contribution in [1.82, 2.24) is 4.90 Å². The molecule has 3 nitrogen and oxygen atoms in total. The number of para-hydroxylation sites is 1. The molecule has 0 heterocycles. The maximum atomic E-state index is 13.4. The van der Waals surface area contributed by atoms with Gasteiger partial charge in [0.25, 0.3) is 5.91 Å². The van der Waals surface area contributed by atoms with Crippen LogP contribution in [0.5, 0.6) is 0 Å². The van der Waals surface area contributed by atoms with E-state index in [-0.39, 0.29) is 17.2 Å². The Hall–Kier alpha value is -1.58. The molecule has 1 aliphatic rings. The molecule has 0 bridgehead atoms. The van der Waals surface area contributed by atoms with Crippen LogP contribution in [0.4, 0.5) is 10.1 Å². The fraction of sp³-hybridized carbons (Fsp3) is 0.533. The molecule has 104 valence electrons. The molecule has 19 heavy (non-hydrogen) atoms. The van der Waals surface area contributed by atoms with Gasteiger partial charge in [0.2, 0.25) is 0 Å². The molecule has 0 aliphatic heterocycles. The molecule has 1 fully saturated rings. The highest BCUT2D eigenvalue weighted by Gasteiger charge is 2.21. The summed E-state index contributed by atoms with van der Waals surface area (Å²) in [4.78, 5) is 13.9. The Kier molecular flexibility index (Phi) is 4.40. The van der Waals surface area contributed by atoms with E-state index >= 15 is 0 Å². The van der Waals surface area contributed by atoms with Crippen LogP contribution in [0.2, 0.25) is 0 Å². The second kappa shape index (κ2) is 6.04. The van der Waals surface area contributed by atoms with Crippen molar-refractivity contribution in [2.45, 2.75) is 32.1 Å². The van der Waals surface area contributed by atoms with Gasteiger partial charge in [0.1, 0.15) is 5.82 Å². The van der Waals surface area contributed by atoms with E-state index in [0.29, 0.717) is 5.92 Å². The van der Waals surface area contributed by atoms with Crippen molar-refractivity contribution in [3.63, 3.8) is 0 Å². The predicted molar refractivity (Wildman–Crippen MR) is 74.3 cm³/mol. The third kappa shape index (κ3) is 3.25. The maximum absolute atomic E-state index is 13.4. The molecule has 4 heteroatoms. The van der Waals surface area contributed by atoms with E-state index in [9.17, 15) is 9.18 Å². The van der Waals surface area contributed by atoms with E-state index in [1.807, 2.05) is 0 Å². The lowest BCUT2D eigenvalue weighted by atomic mass is 9.89. The Morgan fingerprint density at radius 3 is 2.74 bits per heavy atom. The lowest BCUT2D eigenvalue weighted by Crippen LogP contribution is -2.33. The Morgan fingerprint density at radius 1 is 1.37 bits per heavy atom. The molecule has 0 saturated heterocycles. The van der Waals surface area contributed by atoms with Gasteiger partial charge in [0, 0.05) is 13.6 Å². The van der Waals surface area contributed by atoms with Gasteiger partial charge in [-0.3, -0.25) is 4.79 Å². The van der Waals surface area contributed by atoms with Gasteiger partial charge in [-0.25, -0.2) is 4.39 Å². The number of amides is 1. The standard InChI is InChI=1S/C15H21FN2O/c1-18(10-11-6-3-2-4-7-11)15(19)12-8-5-9-13(16)14(12)17/h5,8-9,11H,2-4,6-7,10,17H2,1H3. The number of hydrogen-bond donors (Lipinski definition) is 1. The largest absolute Gasteiger partial charge is 0.396 e. The summed E-state index contributed by atoms with van der Waals surface area (Å²) in [6.07, 6.45) is 6.14. The van der Waals surface area contributed by atoms with Crippen molar-refractivity contribution in [1.29, 1.82) is 0 Å². The number of hydrogen-bond acceptors (Lipinski definition) is 2. The van der Waals surface area contributed by atoms with Crippen LogP contribution in [0.25, 0.3) is 0 Å². The number of carbonyl (C=O) groups excluding carboxylic acids is 1. The maximum Gasteiger partial charge on any atom is 0.255 e. The van der Waals surface area contributed by atoms with E-state index in [1.165, 1.54) is 44.2 Å². The molecule has 2 rings (SSSR count). The molecular weight excluding hydrogens is 243 g/mol. The van der Waals surface area contributed by atoms with Crippen molar-refractivity contribution >= 4 is 11.6 Å². The Balaban J connectivity index is 2.03. The molecule has 1 aromatic rings. The summed E-state index contributed by atoms with van der Waals surface area (Å²) in [5.41, 5.74) is 5.84. The van der Waals surface area contributed by atoms with Crippen molar-refractivity contribution in [3.8, 4) is 0 Å². The van der Waals surface area contributed by atoms with Crippen molar-refractivity contribution < 1.29 is 9.18 Å². The predicted octanol–water partition coefficient (Wildman–Crippen LogP) is 3.06. The number of halogens is 1. The number of rotatable bonds is 3. The topological polar surface area (TPSA) is 46.3 Å². The highest BCUT2D eigenvalue weighted by atomic mass is 19.1. The second-order valence-corrected chi connectivity index (χ2v) is 5.39. The summed E-state index contributed by atoms with van der Waals surface area (Å²) in [5, 5.41) is 0. The van der Waals surface area contributed by atoms with E-state index in [2.05, 4.69) is 0 Å². The van der Waals surface area contributed by atoms with Crippen LogP contribution in [0, 0.1) is 11.7 Å². The molecule has 0 aromatic heterocycles. The average molecular weight is 264 g/mol. The molecular formula is C15H21FN2O. The van der Waals surface area contributed by atoms with Gasteiger partial charge >= 0.3 is 0 Å². The average Bonchev–Trinajstić information content (AvgIpc) is 2.42. The molecule has 1 amide bonds. The first-order valence-electron chi connectivity index (χ1n) is 6.89. The Labute approximate surface area is 113 Å². The van der Waals surface area contributed by atoms with E-state index < -0.39 is 5.82 Å². The number of nitrogen functional groups attached to an aromatic ring is 1.